The van der Waals surface area contributed by atoms with Crippen LogP contribution < -0.4 is 11.5 Å². The van der Waals surface area contributed by atoms with E-state index in [1.54, 1.807) is 0 Å². The summed E-state index contributed by atoms with van der Waals surface area (Å²) in [5, 5.41) is 0. The van der Waals surface area contributed by atoms with E-state index in [0.717, 1.165) is 17.8 Å². The predicted molar refractivity (Wildman–Crippen MR) is 108 cm³/mol. The summed E-state index contributed by atoms with van der Waals surface area (Å²) in [5.41, 5.74) is 18.5. The molecule has 3 aromatic rings. The highest BCUT2D eigenvalue weighted by molar-refractivity contribution is 5.50. The Morgan fingerprint density at radius 3 is 1.28 bits per heavy atom. The topological polar surface area (TPSA) is 52.0 Å². The van der Waals surface area contributed by atoms with Crippen LogP contribution in [0.25, 0.3) is 0 Å². The largest absolute Gasteiger partial charge is 0.399 e. The third kappa shape index (κ3) is 3.85. The zero-order valence-electron chi connectivity index (χ0n) is 14.9. The van der Waals surface area contributed by atoms with Crippen molar-refractivity contribution in [2.45, 2.75) is 32.1 Å². The van der Waals surface area contributed by atoms with Crippen LogP contribution in [0.1, 0.15) is 54.4 Å². The number of hydrogen-bond acceptors (Lipinski definition) is 2. The minimum absolute atomic E-state index is 0.173. The normalized spacial score (nSPS) is 12.3. The van der Waals surface area contributed by atoms with Gasteiger partial charge in [-0.25, -0.2) is 0 Å². The van der Waals surface area contributed by atoms with E-state index in [1.165, 1.54) is 22.3 Å². The highest BCUT2D eigenvalue weighted by Crippen LogP contribution is 2.33. The van der Waals surface area contributed by atoms with E-state index in [0.29, 0.717) is 5.92 Å². The molecular formula is C23H26N2. The summed E-state index contributed by atoms with van der Waals surface area (Å²) in [7, 11) is 0. The van der Waals surface area contributed by atoms with Gasteiger partial charge in [0.05, 0.1) is 0 Å². The molecule has 25 heavy (non-hydrogen) atoms. The van der Waals surface area contributed by atoms with Gasteiger partial charge in [0.25, 0.3) is 0 Å². The second kappa shape index (κ2) is 7.43. The fourth-order valence-electron chi connectivity index (χ4n) is 3.21. The molecule has 0 aromatic heterocycles. The average Bonchev–Trinajstić information content (AvgIpc) is 2.65. The molecule has 0 saturated carbocycles. The quantitative estimate of drug-likeness (QED) is 0.476. The van der Waals surface area contributed by atoms with Gasteiger partial charge in [-0.05, 0) is 58.9 Å². The van der Waals surface area contributed by atoms with Crippen molar-refractivity contribution in [2.75, 3.05) is 11.5 Å². The van der Waals surface area contributed by atoms with Crippen molar-refractivity contribution in [1.29, 1.82) is 0 Å². The Morgan fingerprint density at radius 2 is 0.920 bits per heavy atom. The van der Waals surface area contributed by atoms with E-state index in [9.17, 15) is 0 Å². The van der Waals surface area contributed by atoms with Gasteiger partial charge in [-0.2, -0.15) is 0 Å². The molecule has 0 fully saturated rings. The van der Waals surface area contributed by atoms with Crippen molar-refractivity contribution >= 4 is 11.4 Å². The molecule has 3 rings (SSSR count). The fourth-order valence-corrected chi connectivity index (χ4v) is 3.21. The molecule has 3 aromatic carbocycles. The van der Waals surface area contributed by atoms with Crippen molar-refractivity contribution in [1.82, 2.24) is 0 Å². The standard InChI is InChI=1S/C23H26N2/c1-3-16(2)17-4-6-18(7-5-17)23(19-8-12-21(24)13-9-19)20-10-14-22(25)15-11-20/h4-16,23H,3,24-25H2,1-2H3. The van der Waals surface area contributed by atoms with E-state index in [1.807, 2.05) is 24.3 Å². The highest BCUT2D eigenvalue weighted by atomic mass is 14.5. The van der Waals surface area contributed by atoms with Crippen LogP contribution >= 0.6 is 0 Å². The molecular weight excluding hydrogens is 304 g/mol. The summed E-state index contributed by atoms with van der Waals surface area (Å²) < 4.78 is 0. The third-order valence-electron chi connectivity index (χ3n) is 4.99. The van der Waals surface area contributed by atoms with E-state index in [-0.39, 0.29) is 5.92 Å². The van der Waals surface area contributed by atoms with Gasteiger partial charge in [-0.15, -0.1) is 0 Å². The van der Waals surface area contributed by atoms with Crippen molar-refractivity contribution in [3.05, 3.63) is 95.1 Å². The first-order valence-electron chi connectivity index (χ1n) is 8.89. The molecule has 1 unspecified atom stereocenters. The number of nitrogens with two attached hydrogens (primary N) is 2. The van der Waals surface area contributed by atoms with Gasteiger partial charge in [-0.1, -0.05) is 62.4 Å². The van der Waals surface area contributed by atoms with Gasteiger partial charge in [-0.3, -0.25) is 0 Å². The minimum Gasteiger partial charge on any atom is -0.399 e. The van der Waals surface area contributed by atoms with E-state index >= 15 is 0 Å². The van der Waals surface area contributed by atoms with Crippen LogP contribution in [0.2, 0.25) is 0 Å². The molecule has 0 aliphatic rings. The van der Waals surface area contributed by atoms with Gasteiger partial charge in [0.1, 0.15) is 0 Å². The van der Waals surface area contributed by atoms with Gasteiger partial charge in [0.2, 0.25) is 0 Å². The SMILES string of the molecule is CCC(C)c1ccc(C(c2ccc(N)cc2)c2ccc(N)cc2)cc1. The first-order valence-corrected chi connectivity index (χ1v) is 8.89. The summed E-state index contributed by atoms with van der Waals surface area (Å²) in [6, 6.07) is 25.3. The molecule has 0 aliphatic carbocycles. The number of hydrogen-bond donors (Lipinski definition) is 2. The van der Waals surface area contributed by atoms with E-state index in [4.69, 9.17) is 11.5 Å². The van der Waals surface area contributed by atoms with Gasteiger partial charge < -0.3 is 11.5 Å². The molecule has 1 atom stereocenters. The second-order valence-electron chi connectivity index (χ2n) is 6.74. The van der Waals surface area contributed by atoms with Gasteiger partial charge in [0.15, 0.2) is 0 Å². The molecule has 0 spiro atoms. The maximum absolute atomic E-state index is 5.88. The molecule has 0 aliphatic heterocycles. The van der Waals surface area contributed by atoms with Crippen molar-refractivity contribution in [2.24, 2.45) is 0 Å². The van der Waals surface area contributed by atoms with Crippen LogP contribution in [-0.2, 0) is 0 Å². The lowest BCUT2D eigenvalue weighted by molar-refractivity contribution is 0.733. The maximum atomic E-state index is 5.88. The van der Waals surface area contributed by atoms with Crippen LogP contribution in [0.5, 0.6) is 0 Å². The van der Waals surface area contributed by atoms with Crippen LogP contribution in [0.3, 0.4) is 0 Å². The van der Waals surface area contributed by atoms with Crippen molar-refractivity contribution in [3.63, 3.8) is 0 Å². The number of anilines is 2. The van der Waals surface area contributed by atoms with Crippen LogP contribution in [0.15, 0.2) is 72.8 Å². The van der Waals surface area contributed by atoms with Crippen LogP contribution in [-0.4, -0.2) is 0 Å². The van der Waals surface area contributed by atoms with E-state index in [2.05, 4.69) is 62.4 Å². The molecule has 2 heteroatoms. The third-order valence-corrected chi connectivity index (χ3v) is 4.99. The smallest absolute Gasteiger partial charge is 0.0340 e. The molecule has 0 saturated heterocycles. The maximum Gasteiger partial charge on any atom is 0.0340 e. The number of nitrogen functional groups attached to an aromatic ring is 2. The predicted octanol–water partition coefficient (Wildman–Crippen LogP) is 5.54. The lowest BCUT2D eigenvalue weighted by Crippen LogP contribution is -2.04. The van der Waals surface area contributed by atoms with Crippen LogP contribution in [0.4, 0.5) is 11.4 Å². The molecule has 0 amide bonds. The first kappa shape index (κ1) is 17.1. The lowest BCUT2D eigenvalue weighted by Gasteiger charge is -2.20. The Hall–Kier alpha value is -2.74. The first-order chi connectivity index (χ1) is 12.1. The molecule has 0 radical (unpaired) electrons. The summed E-state index contributed by atoms with van der Waals surface area (Å²) in [6.45, 7) is 4.50. The molecule has 2 nitrogen and oxygen atoms in total. The molecule has 128 valence electrons. The van der Waals surface area contributed by atoms with Crippen LogP contribution in [0, 0.1) is 0 Å². The summed E-state index contributed by atoms with van der Waals surface area (Å²) >= 11 is 0. The highest BCUT2D eigenvalue weighted by Gasteiger charge is 2.17. The Labute approximate surface area is 150 Å². The van der Waals surface area contributed by atoms with Gasteiger partial charge in [0, 0.05) is 17.3 Å². The van der Waals surface area contributed by atoms with E-state index < -0.39 is 0 Å². The lowest BCUT2D eigenvalue weighted by atomic mass is 9.84. The summed E-state index contributed by atoms with van der Waals surface area (Å²) in [5.74, 6) is 0.757. The second-order valence-corrected chi connectivity index (χ2v) is 6.74. The van der Waals surface area contributed by atoms with Gasteiger partial charge >= 0.3 is 0 Å². The fraction of sp³-hybridized carbons (Fsp3) is 0.217. The molecule has 0 bridgehead atoms. The Balaban J connectivity index is 2.04. The van der Waals surface area contributed by atoms with Crippen molar-refractivity contribution in [3.8, 4) is 0 Å². The van der Waals surface area contributed by atoms with Crippen molar-refractivity contribution < 1.29 is 0 Å². The Morgan fingerprint density at radius 1 is 0.600 bits per heavy atom. The molecule has 0 heterocycles. The summed E-state index contributed by atoms with van der Waals surface area (Å²) in [4.78, 5) is 0. The minimum atomic E-state index is 0.173. The number of benzene rings is 3. The Kier molecular flexibility index (Phi) is 5.08. The monoisotopic (exact) mass is 330 g/mol. The average molecular weight is 330 g/mol. The Bertz CT molecular complexity index is 757. The number of rotatable bonds is 5. The zero-order chi connectivity index (χ0) is 17.8. The summed E-state index contributed by atoms with van der Waals surface area (Å²) in [6.07, 6.45) is 1.15. The molecule has 4 N–H and O–H groups in total. The zero-order valence-corrected chi connectivity index (χ0v) is 14.9.